The molecule has 0 aliphatic rings. The van der Waals surface area contributed by atoms with E-state index < -0.39 is 0 Å². The van der Waals surface area contributed by atoms with Crippen LogP contribution in [0.25, 0.3) is 0 Å². The Hall–Kier alpha value is -0.990. The minimum Gasteiger partial charge on any atom is -0.380 e. The first kappa shape index (κ1) is 11.5. The van der Waals surface area contributed by atoms with Gasteiger partial charge in [-0.2, -0.15) is 0 Å². The first-order chi connectivity index (χ1) is 7.65. The van der Waals surface area contributed by atoms with Gasteiger partial charge in [-0.25, -0.2) is 0 Å². The molecule has 1 N–H and O–H groups in total. The highest BCUT2D eigenvalue weighted by atomic mass is 35.5. The lowest BCUT2D eigenvalue weighted by Gasteiger charge is -2.08. The Balaban J connectivity index is 2.04. The van der Waals surface area contributed by atoms with Gasteiger partial charge in [-0.3, -0.25) is 0 Å². The van der Waals surface area contributed by atoms with Gasteiger partial charge in [-0.15, -0.1) is 11.3 Å². The second-order valence-corrected chi connectivity index (χ2v) is 5.68. The van der Waals surface area contributed by atoms with E-state index in [0.29, 0.717) is 0 Å². The normalized spacial score (nSPS) is 10.4. The van der Waals surface area contributed by atoms with Crippen molar-refractivity contribution in [2.24, 2.45) is 0 Å². The van der Waals surface area contributed by atoms with Crippen molar-refractivity contribution in [2.75, 3.05) is 5.32 Å². The third-order valence-electron chi connectivity index (χ3n) is 2.46. The average Bonchev–Trinajstić information content (AvgIpc) is 2.63. The van der Waals surface area contributed by atoms with Crippen LogP contribution in [0.15, 0.2) is 30.3 Å². The summed E-state index contributed by atoms with van der Waals surface area (Å²) < 4.78 is 0.845. The fourth-order valence-electron chi connectivity index (χ4n) is 1.64. The summed E-state index contributed by atoms with van der Waals surface area (Å²) in [5.41, 5.74) is 3.76. The molecule has 0 saturated carbocycles. The average molecular weight is 252 g/mol. The number of aryl methyl sites for hydroxylation is 2. The smallest absolute Gasteiger partial charge is 0.0931 e. The molecule has 0 radical (unpaired) electrons. The number of nitrogens with one attached hydrogen (secondary N) is 1. The summed E-state index contributed by atoms with van der Waals surface area (Å²) in [7, 11) is 0. The molecule has 0 fully saturated rings. The van der Waals surface area contributed by atoms with Crippen LogP contribution in [0.3, 0.4) is 0 Å². The molecule has 0 spiro atoms. The molecule has 0 bridgehead atoms. The molecule has 0 aliphatic heterocycles. The van der Waals surface area contributed by atoms with E-state index in [1.54, 1.807) is 11.3 Å². The summed E-state index contributed by atoms with van der Waals surface area (Å²) in [6, 6.07) is 10.4. The minimum atomic E-state index is 0.835. The van der Waals surface area contributed by atoms with E-state index in [2.05, 4.69) is 43.4 Å². The molecule has 84 valence electrons. The van der Waals surface area contributed by atoms with Crippen LogP contribution in [0.4, 0.5) is 5.69 Å². The van der Waals surface area contributed by atoms with E-state index in [4.69, 9.17) is 11.6 Å². The maximum atomic E-state index is 5.88. The van der Waals surface area contributed by atoms with Crippen LogP contribution in [0.1, 0.15) is 16.0 Å². The highest BCUT2D eigenvalue weighted by molar-refractivity contribution is 7.16. The zero-order chi connectivity index (χ0) is 11.5. The molecule has 0 amide bonds. The lowest BCUT2D eigenvalue weighted by atomic mass is 10.1. The van der Waals surface area contributed by atoms with Crippen LogP contribution in [-0.4, -0.2) is 0 Å². The first-order valence-electron chi connectivity index (χ1n) is 5.20. The highest BCUT2D eigenvalue weighted by Gasteiger charge is 2.00. The number of thiophene rings is 1. The van der Waals surface area contributed by atoms with Gasteiger partial charge >= 0.3 is 0 Å². The Bertz CT molecular complexity index is 490. The third-order valence-corrected chi connectivity index (χ3v) is 3.69. The van der Waals surface area contributed by atoms with Gasteiger partial charge in [0.25, 0.3) is 0 Å². The SMILES string of the molecule is Cc1ccc(NCc2ccc(Cl)s2)c(C)c1. The van der Waals surface area contributed by atoms with E-state index in [1.165, 1.54) is 21.7 Å². The molecular weight excluding hydrogens is 238 g/mol. The number of halogens is 1. The molecule has 1 heterocycles. The van der Waals surface area contributed by atoms with Crippen molar-refractivity contribution >= 4 is 28.6 Å². The van der Waals surface area contributed by atoms with Crippen molar-refractivity contribution in [1.82, 2.24) is 0 Å². The Labute approximate surface area is 105 Å². The van der Waals surface area contributed by atoms with Gasteiger partial charge in [-0.05, 0) is 37.6 Å². The van der Waals surface area contributed by atoms with Gasteiger partial charge in [0, 0.05) is 17.1 Å². The van der Waals surface area contributed by atoms with Gasteiger partial charge in [-0.1, -0.05) is 29.3 Å². The van der Waals surface area contributed by atoms with E-state index >= 15 is 0 Å². The van der Waals surface area contributed by atoms with Crippen molar-refractivity contribution in [1.29, 1.82) is 0 Å². The molecule has 16 heavy (non-hydrogen) atoms. The number of benzene rings is 1. The summed E-state index contributed by atoms with van der Waals surface area (Å²) in [6.07, 6.45) is 0. The summed E-state index contributed by atoms with van der Waals surface area (Å²) in [5.74, 6) is 0. The van der Waals surface area contributed by atoms with Crippen molar-refractivity contribution in [3.63, 3.8) is 0 Å². The molecule has 0 saturated heterocycles. The predicted molar refractivity (Wildman–Crippen MR) is 72.6 cm³/mol. The maximum absolute atomic E-state index is 5.88. The number of hydrogen-bond acceptors (Lipinski definition) is 2. The molecule has 1 nitrogen and oxygen atoms in total. The van der Waals surface area contributed by atoms with Crippen LogP contribution in [0.5, 0.6) is 0 Å². The second kappa shape index (κ2) is 4.89. The van der Waals surface area contributed by atoms with Crippen LogP contribution in [-0.2, 0) is 6.54 Å². The Morgan fingerprint density at radius 2 is 2.00 bits per heavy atom. The molecule has 3 heteroatoms. The van der Waals surface area contributed by atoms with Crippen molar-refractivity contribution < 1.29 is 0 Å². The summed E-state index contributed by atoms with van der Waals surface area (Å²) >= 11 is 7.50. The van der Waals surface area contributed by atoms with Crippen LogP contribution in [0, 0.1) is 13.8 Å². The van der Waals surface area contributed by atoms with Crippen LogP contribution >= 0.6 is 22.9 Å². The lowest BCUT2D eigenvalue weighted by molar-refractivity contribution is 1.18. The highest BCUT2D eigenvalue weighted by Crippen LogP contribution is 2.23. The van der Waals surface area contributed by atoms with Gasteiger partial charge in [0.15, 0.2) is 0 Å². The zero-order valence-corrected chi connectivity index (χ0v) is 11.0. The summed E-state index contributed by atoms with van der Waals surface area (Å²) in [6.45, 7) is 5.06. The quantitative estimate of drug-likeness (QED) is 0.839. The number of hydrogen-bond donors (Lipinski definition) is 1. The zero-order valence-electron chi connectivity index (χ0n) is 9.38. The Morgan fingerprint density at radius 1 is 1.19 bits per heavy atom. The van der Waals surface area contributed by atoms with Crippen LogP contribution < -0.4 is 5.32 Å². The lowest BCUT2D eigenvalue weighted by Crippen LogP contribution is -1.99. The Morgan fingerprint density at radius 3 is 2.62 bits per heavy atom. The molecule has 2 rings (SSSR count). The summed E-state index contributed by atoms with van der Waals surface area (Å²) in [5, 5.41) is 3.42. The largest absolute Gasteiger partial charge is 0.380 e. The van der Waals surface area contributed by atoms with Crippen LogP contribution in [0.2, 0.25) is 4.34 Å². The number of rotatable bonds is 3. The maximum Gasteiger partial charge on any atom is 0.0931 e. The third kappa shape index (κ3) is 2.77. The monoisotopic (exact) mass is 251 g/mol. The standard InChI is InChI=1S/C13H14ClNS/c1-9-3-5-12(10(2)7-9)15-8-11-4-6-13(14)16-11/h3-7,15H,8H2,1-2H3. The first-order valence-corrected chi connectivity index (χ1v) is 6.40. The van der Waals surface area contributed by atoms with Gasteiger partial charge in [0.2, 0.25) is 0 Å². The minimum absolute atomic E-state index is 0.835. The Kier molecular flexibility index (Phi) is 3.52. The van der Waals surface area contributed by atoms with Gasteiger partial charge < -0.3 is 5.32 Å². The molecule has 2 aromatic rings. The fourth-order valence-corrected chi connectivity index (χ4v) is 2.67. The topological polar surface area (TPSA) is 12.0 Å². The van der Waals surface area contributed by atoms with E-state index in [1.807, 2.05) is 6.07 Å². The molecule has 0 aliphatic carbocycles. The molecule has 0 unspecified atom stereocenters. The molecule has 0 atom stereocenters. The predicted octanol–water partition coefficient (Wildman–Crippen LogP) is 4.63. The van der Waals surface area contributed by atoms with E-state index in [9.17, 15) is 0 Å². The van der Waals surface area contributed by atoms with Crippen molar-refractivity contribution in [2.45, 2.75) is 20.4 Å². The fraction of sp³-hybridized carbons (Fsp3) is 0.231. The van der Waals surface area contributed by atoms with Crippen molar-refractivity contribution in [3.8, 4) is 0 Å². The number of anilines is 1. The van der Waals surface area contributed by atoms with Crippen molar-refractivity contribution in [3.05, 3.63) is 50.7 Å². The molecule has 1 aromatic heterocycles. The van der Waals surface area contributed by atoms with E-state index in [-0.39, 0.29) is 0 Å². The molecular formula is C13H14ClNS. The van der Waals surface area contributed by atoms with Gasteiger partial charge in [0.1, 0.15) is 0 Å². The molecule has 1 aromatic carbocycles. The van der Waals surface area contributed by atoms with Gasteiger partial charge in [0.05, 0.1) is 4.34 Å². The van der Waals surface area contributed by atoms with E-state index in [0.717, 1.165) is 10.9 Å². The summed E-state index contributed by atoms with van der Waals surface area (Å²) in [4.78, 5) is 1.25. The second-order valence-electron chi connectivity index (χ2n) is 3.88.